The Morgan fingerprint density at radius 2 is 2.00 bits per heavy atom. The molecule has 1 fully saturated rings. The smallest absolute Gasteiger partial charge is 0.387 e. The van der Waals surface area contributed by atoms with Crippen molar-refractivity contribution in [3.63, 3.8) is 0 Å². The highest BCUT2D eigenvalue weighted by atomic mass is 19.3. The van der Waals surface area contributed by atoms with E-state index in [1.54, 1.807) is 32.2 Å². The van der Waals surface area contributed by atoms with Gasteiger partial charge in [0, 0.05) is 38.9 Å². The number of nitrogens with one attached hydrogen (secondary N) is 2. The van der Waals surface area contributed by atoms with Crippen LogP contribution >= 0.6 is 0 Å². The van der Waals surface area contributed by atoms with Crippen molar-refractivity contribution >= 4 is 5.96 Å². The predicted molar refractivity (Wildman–Crippen MR) is 105 cm³/mol. The minimum Gasteiger partial charge on any atom is -0.490 e. The first-order valence-corrected chi connectivity index (χ1v) is 9.75. The van der Waals surface area contributed by atoms with Crippen LogP contribution in [0, 0.1) is 5.41 Å². The van der Waals surface area contributed by atoms with E-state index < -0.39 is 6.61 Å². The second kappa shape index (κ2) is 11.0. The van der Waals surface area contributed by atoms with Crippen LogP contribution in [0.4, 0.5) is 8.78 Å². The molecule has 158 valence electrons. The lowest BCUT2D eigenvalue weighted by Gasteiger charge is -2.20. The minimum atomic E-state index is -2.92. The average Bonchev–Trinajstić information content (AvgIpc) is 3.44. The van der Waals surface area contributed by atoms with Gasteiger partial charge in [-0.25, -0.2) is 0 Å². The Morgan fingerprint density at radius 3 is 2.61 bits per heavy atom. The molecule has 1 aromatic carbocycles. The normalized spacial score (nSPS) is 15.4. The Hall–Kier alpha value is -2.09. The molecule has 1 aromatic rings. The van der Waals surface area contributed by atoms with Gasteiger partial charge in [-0.15, -0.1) is 0 Å². The summed E-state index contributed by atoms with van der Waals surface area (Å²) in [4.78, 5) is 4.22. The number of aliphatic imine (C=N–C) groups is 1. The van der Waals surface area contributed by atoms with Gasteiger partial charge in [-0.2, -0.15) is 8.78 Å². The summed E-state index contributed by atoms with van der Waals surface area (Å²) in [6, 6.07) is 5.10. The Bertz CT molecular complexity index is 637. The van der Waals surface area contributed by atoms with Crippen LogP contribution in [0.25, 0.3) is 0 Å². The number of hydrogen-bond donors (Lipinski definition) is 2. The Morgan fingerprint density at radius 1 is 1.21 bits per heavy atom. The van der Waals surface area contributed by atoms with E-state index in [-0.39, 0.29) is 17.7 Å². The molecular weight excluding hydrogens is 368 g/mol. The summed E-state index contributed by atoms with van der Waals surface area (Å²) >= 11 is 0. The molecule has 0 spiro atoms. The zero-order valence-electron chi connectivity index (χ0n) is 16.9. The number of para-hydroxylation sites is 1. The summed E-state index contributed by atoms with van der Waals surface area (Å²) in [7, 11) is 1.68. The van der Waals surface area contributed by atoms with Crippen LogP contribution in [0.3, 0.4) is 0 Å². The third-order valence-electron chi connectivity index (χ3n) is 4.81. The second-order valence-electron chi connectivity index (χ2n) is 6.78. The first-order valence-electron chi connectivity index (χ1n) is 9.75. The SMILES string of the molecule is CCOCCC1(CNC(=NC)NCc2cccc(OCC)c2OC(F)F)CC1. The molecule has 0 atom stereocenters. The average molecular weight is 399 g/mol. The number of halogens is 2. The van der Waals surface area contributed by atoms with E-state index >= 15 is 0 Å². The molecule has 1 saturated carbocycles. The van der Waals surface area contributed by atoms with E-state index in [4.69, 9.17) is 14.2 Å². The van der Waals surface area contributed by atoms with Crippen molar-refractivity contribution in [3.05, 3.63) is 23.8 Å². The highest BCUT2D eigenvalue weighted by Crippen LogP contribution is 2.48. The van der Waals surface area contributed by atoms with Crippen molar-refractivity contribution in [2.24, 2.45) is 10.4 Å². The van der Waals surface area contributed by atoms with Crippen molar-refractivity contribution in [2.45, 2.75) is 46.3 Å². The van der Waals surface area contributed by atoms with E-state index in [0.717, 1.165) is 26.2 Å². The maximum absolute atomic E-state index is 12.8. The molecule has 0 amide bonds. The molecule has 0 heterocycles. The number of ether oxygens (including phenoxy) is 3. The fourth-order valence-corrected chi connectivity index (χ4v) is 2.99. The predicted octanol–water partition coefficient (Wildman–Crippen LogP) is 3.56. The largest absolute Gasteiger partial charge is 0.490 e. The van der Waals surface area contributed by atoms with Gasteiger partial charge in [-0.3, -0.25) is 4.99 Å². The summed E-state index contributed by atoms with van der Waals surface area (Å²) in [5.41, 5.74) is 0.845. The monoisotopic (exact) mass is 399 g/mol. The highest BCUT2D eigenvalue weighted by molar-refractivity contribution is 5.79. The molecule has 28 heavy (non-hydrogen) atoms. The van der Waals surface area contributed by atoms with E-state index in [2.05, 4.69) is 15.6 Å². The molecule has 2 N–H and O–H groups in total. The lowest BCUT2D eigenvalue weighted by Crippen LogP contribution is -2.40. The topological polar surface area (TPSA) is 64.1 Å². The van der Waals surface area contributed by atoms with Crippen LogP contribution < -0.4 is 20.1 Å². The zero-order chi connectivity index (χ0) is 20.4. The first-order chi connectivity index (χ1) is 13.5. The van der Waals surface area contributed by atoms with Crippen molar-refractivity contribution in [1.82, 2.24) is 10.6 Å². The quantitative estimate of drug-likeness (QED) is 0.320. The molecule has 0 saturated heterocycles. The Balaban J connectivity index is 1.93. The first kappa shape index (κ1) is 22.2. The Labute approximate surface area is 165 Å². The summed E-state index contributed by atoms with van der Waals surface area (Å²) in [6.45, 7) is 3.83. The fraction of sp³-hybridized carbons (Fsp3) is 0.650. The van der Waals surface area contributed by atoms with Crippen molar-refractivity contribution in [1.29, 1.82) is 0 Å². The van der Waals surface area contributed by atoms with Gasteiger partial charge < -0.3 is 24.8 Å². The standard InChI is InChI=1S/C20H31F2N3O3/c1-4-26-12-11-20(9-10-20)14-25-19(23-3)24-13-15-7-6-8-16(27-5-2)17(15)28-18(21)22/h6-8,18H,4-5,9-14H2,1-3H3,(H2,23,24,25). The van der Waals surface area contributed by atoms with Gasteiger partial charge in [0.1, 0.15) is 0 Å². The summed E-state index contributed by atoms with van der Waals surface area (Å²) in [5.74, 6) is 0.975. The fourth-order valence-electron chi connectivity index (χ4n) is 2.99. The molecule has 0 bridgehead atoms. The molecule has 1 aliphatic carbocycles. The molecule has 0 unspecified atom stereocenters. The van der Waals surface area contributed by atoms with Crippen LogP contribution in [-0.2, 0) is 11.3 Å². The van der Waals surface area contributed by atoms with Crippen molar-refractivity contribution in [3.8, 4) is 11.5 Å². The Kier molecular flexibility index (Phi) is 8.76. The van der Waals surface area contributed by atoms with Gasteiger partial charge in [0.2, 0.25) is 0 Å². The van der Waals surface area contributed by atoms with Crippen LogP contribution in [0.15, 0.2) is 23.2 Å². The zero-order valence-corrected chi connectivity index (χ0v) is 16.9. The lowest BCUT2D eigenvalue weighted by atomic mass is 10.0. The summed E-state index contributed by atoms with van der Waals surface area (Å²) < 4.78 is 41.2. The lowest BCUT2D eigenvalue weighted by molar-refractivity contribution is -0.0520. The van der Waals surface area contributed by atoms with Gasteiger partial charge in [0.05, 0.1) is 6.61 Å². The molecule has 0 aliphatic heterocycles. The number of hydrogen-bond acceptors (Lipinski definition) is 4. The number of nitrogens with zero attached hydrogens (tertiary/aromatic N) is 1. The van der Waals surface area contributed by atoms with Gasteiger partial charge in [-0.05, 0) is 44.6 Å². The molecule has 0 radical (unpaired) electrons. The maximum Gasteiger partial charge on any atom is 0.387 e. The molecular formula is C20H31F2N3O3. The molecule has 0 aromatic heterocycles. The number of guanidine groups is 1. The second-order valence-corrected chi connectivity index (χ2v) is 6.78. The number of alkyl halides is 2. The van der Waals surface area contributed by atoms with Gasteiger partial charge in [0.25, 0.3) is 0 Å². The van der Waals surface area contributed by atoms with Crippen LogP contribution in [0.1, 0.15) is 38.7 Å². The van der Waals surface area contributed by atoms with Crippen LogP contribution in [0.5, 0.6) is 11.5 Å². The minimum absolute atomic E-state index is 0.0534. The van der Waals surface area contributed by atoms with Gasteiger partial charge in [-0.1, -0.05) is 12.1 Å². The van der Waals surface area contributed by atoms with Gasteiger partial charge >= 0.3 is 6.61 Å². The maximum atomic E-state index is 12.8. The van der Waals surface area contributed by atoms with Crippen LogP contribution in [0.2, 0.25) is 0 Å². The van der Waals surface area contributed by atoms with Crippen molar-refractivity contribution in [2.75, 3.05) is 33.4 Å². The number of benzene rings is 1. The number of rotatable bonds is 12. The molecule has 2 rings (SSSR count). The molecule has 1 aliphatic rings. The summed E-state index contributed by atoms with van der Waals surface area (Å²) in [5, 5.41) is 6.50. The van der Waals surface area contributed by atoms with Gasteiger partial charge in [0.15, 0.2) is 17.5 Å². The van der Waals surface area contributed by atoms with E-state index in [1.165, 1.54) is 12.8 Å². The van der Waals surface area contributed by atoms with E-state index in [0.29, 0.717) is 23.9 Å². The highest BCUT2D eigenvalue weighted by Gasteiger charge is 2.41. The third kappa shape index (κ3) is 6.82. The van der Waals surface area contributed by atoms with Crippen LogP contribution in [-0.4, -0.2) is 46.0 Å². The van der Waals surface area contributed by atoms with E-state index in [1.807, 2.05) is 6.92 Å². The molecule has 6 nitrogen and oxygen atoms in total. The summed E-state index contributed by atoms with van der Waals surface area (Å²) in [6.07, 6.45) is 3.37. The molecule has 8 heteroatoms. The third-order valence-corrected chi connectivity index (χ3v) is 4.81. The van der Waals surface area contributed by atoms with E-state index in [9.17, 15) is 8.78 Å². The van der Waals surface area contributed by atoms with Crippen molar-refractivity contribution < 1.29 is 23.0 Å².